The van der Waals surface area contributed by atoms with E-state index >= 15 is 0 Å². The number of furan rings is 1. The number of nitro benzene ring substituents is 1. The van der Waals surface area contributed by atoms with E-state index in [2.05, 4.69) is 0 Å². The summed E-state index contributed by atoms with van der Waals surface area (Å²) >= 11 is 7.12. The number of nitro groups is 1. The maximum Gasteiger partial charge on any atom is 0.288 e. The molecule has 44 heavy (non-hydrogen) atoms. The quantitative estimate of drug-likeness (QED) is 0.188. The third-order valence-corrected chi connectivity index (χ3v) is 8.66. The summed E-state index contributed by atoms with van der Waals surface area (Å²) in [4.78, 5) is 45.6. The Balaban J connectivity index is 1.68. The summed E-state index contributed by atoms with van der Waals surface area (Å²) in [7, 11) is 3.07. The van der Waals surface area contributed by atoms with Crippen LogP contribution in [-0.2, 0) is 4.79 Å². The van der Waals surface area contributed by atoms with E-state index < -0.39 is 11.0 Å². The van der Waals surface area contributed by atoms with Crippen molar-refractivity contribution in [3.8, 4) is 22.8 Å². The Bertz CT molecular complexity index is 1990. The molecule has 11 nitrogen and oxygen atoms in total. The standard InChI is InChI=1S/C31H29ClN4O7S/c1-6-34(7-2)30(38)27-17(3)33-31-35(28(27)21-15-19(41-4)9-13-25(21)42-5)29(37)26(44-31)16-20-10-12-24(43-20)18-8-11-22(32)23(14-18)36(39)40/h8-16,28H,6-7H2,1-5H3/b26-16+/t28-/m1/s1. The molecule has 228 valence electrons. The number of benzene rings is 2. The maximum atomic E-state index is 14.1. The molecule has 0 saturated heterocycles. The van der Waals surface area contributed by atoms with Crippen LogP contribution in [0.1, 0.15) is 38.1 Å². The number of fused-ring (bicyclic) bond motifs is 1. The summed E-state index contributed by atoms with van der Waals surface area (Å²) in [6.07, 6.45) is 1.59. The number of hydrogen-bond acceptors (Lipinski definition) is 9. The number of hydrogen-bond donors (Lipinski definition) is 0. The highest BCUT2D eigenvalue weighted by Crippen LogP contribution is 2.38. The molecule has 0 fully saturated rings. The van der Waals surface area contributed by atoms with Gasteiger partial charge in [0.05, 0.1) is 34.9 Å². The largest absolute Gasteiger partial charge is 0.497 e. The molecule has 3 heterocycles. The summed E-state index contributed by atoms with van der Waals surface area (Å²) in [6, 6.07) is 12.1. The molecule has 0 radical (unpaired) electrons. The first-order chi connectivity index (χ1) is 21.1. The highest BCUT2D eigenvalue weighted by atomic mass is 35.5. The molecule has 0 bridgehead atoms. The third-order valence-electron chi connectivity index (χ3n) is 7.36. The van der Waals surface area contributed by atoms with Crippen LogP contribution in [0.5, 0.6) is 11.5 Å². The average Bonchev–Trinajstić information content (AvgIpc) is 3.60. The van der Waals surface area contributed by atoms with Gasteiger partial charge in [0.15, 0.2) is 4.80 Å². The normalized spacial score (nSPS) is 14.7. The average molecular weight is 637 g/mol. The molecule has 2 aromatic carbocycles. The number of carbonyl (C=O) groups is 1. The Kier molecular flexibility index (Phi) is 8.75. The van der Waals surface area contributed by atoms with Crippen molar-refractivity contribution in [2.45, 2.75) is 26.8 Å². The third kappa shape index (κ3) is 5.53. The SMILES string of the molecule is CCN(CC)C(=O)C1=C(C)N=c2s/c(=C/c3ccc(-c4ccc(Cl)c([N+](=O)[O-])c4)o3)c(=O)n2[C@@H]1c1cc(OC)ccc1OC. The Morgan fingerprint density at radius 3 is 2.57 bits per heavy atom. The van der Waals surface area contributed by atoms with E-state index in [1.165, 1.54) is 23.8 Å². The predicted molar refractivity (Wildman–Crippen MR) is 167 cm³/mol. The van der Waals surface area contributed by atoms with E-state index in [-0.39, 0.29) is 22.2 Å². The van der Waals surface area contributed by atoms with Gasteiger partial charge >= 0.3 is 0 Å². The summed E-state index contributed by atoms with van der Waals surface area (Å²) in [5.41, 5.74) is 1.28. The molecule has 0 aliphatic carbocycles. The molecular formula is C31H29ClN4O7S. The van der Waals surface area contributed by atoms with Crippen molar-refractivity contribution in [3.05, 3.63) is 106 Å². The van der Waals surface area contributed by atoms with Crippen molar-refractivity contribution in [1.82, 2.24) is 9.47 Å². The number of nitrogens with zero attached hydrogens (tertiary/aromatic N) is 4. The number of aromatic nitrogens is 1. The molecular weight excluding hydrogens is 608 g/mol. The van der Waals surface area contributed by atoms with E-state index in [1.807, 2.05) is 13.8 Å². The number of amides is 1. The van der Waals surface area contributed by atoms with Crippen LogP contribution in [0.4, 0.5) is 5.69 Å². The predicted octanol–water partition coefficient (Wildman–Crippen LogP) is 4.94. The zero-order valence-corrected chi connectivity index (χ0v) is 26.2. The molecule has 0 spiro atoms. The van der Waals surface area contributed by atoms with Crippen LogP contribution in [0, 0.1) is 10.1 Å². The fourth-order valence-corrected chi connectivity index (χ4v) is 6.36. The fourth-order valence-electron chi connectivity index (χ4n) is 5.14. The summed E-state index contributed by atoms with van der Waals surface area (Å²) in [5.74, 6) is 1.52. The van der Waals surface area contributed by atoms with Gasteiger partial charge in [-0.3, -0.25) is 24.3 Å². The lowest BCUT2D eigenvalue weighted by atomic mass is 9.93. The van der Waals surface area contributed by atoms with Crippen LogP contribution in [-0.4, -0.2) is 47.6 Å². The topological polar surface area (TPSA) is 129 Å². The number of methoxy groups -OCH3 is 2. The molecule has 0 N–H and O–H groups in total. The second kappa shape index (κ2) is 12.5. The zero-order valence-electron chi connectivity index (χ0n) is 24.6. The van der Waals surface area contributed by atoms with Crippen molar-refractivity contribution in [2.75, 3.05) is 27.3 Å². The molecule has 0 saturated carbocycles. The number of allylic oxidation sites excluding steroid dienone is 1. The van der Waals surface area contributed by atoms with Gasteiger partial charge in [-0.25, -0.2) is 4.99 Å². The summed E-state index contributed by atoms with van der Waals surface area (Å²) in [6.45, 7) is 6.52. The highest BCUT2D eigenvalue weighted by Gasteiger charge is 2.36. The van der Waals surface area contributed by atoms with Crippen molar-refractivity contribution in [1.29, 1.82) is 0 Å². The Morgan fingerprint density at radius 2 is 1.91 bits per heavy atom. The van der Waals surface area contributed by atoms with Gasteiger partial charge in [-0.05, 0) is 63.2 Å². The zero-order chi connectivity index (χ0) is 31.7. The van der Waals surface area contributed by atoms with Gasteiger partial charge in [-0.2, -0.15) is 0 Å². The first-order valence-corrected chi connectivity index (χ1v) is 14.9. The lowest BCUT2D eigenvalue weighted by Crippen LogP contribution is -2.43. The minimum Gasteiger partial charge on any atom is -0.497 e. The van der Waals surface area contributed by atoms with Crippen molar-refractivity contribution in [2.24, 2.45) is 4.99 Å². The number of carbonyl (C=O) groups excluding carboxylic acids is 1. The molecule has 5 rings (SSSR count). The number of thiazole rings is 1. The summed E-state index contributed by atoms with van der Waals surface area (Å²) < 4.78 is 19.0. The van der Waals surface area contributed by atoms with Crippen LogP contribution in [0.3, 0.4) is 0 Å². The van der Waals surface area contributed by atoms with E-state index in [9.17, 15) is 19.7 Å². The van der Waals surface area contributed by atoms with Crippen LogP contribution in [0.15, 0.2) is 74.0 Å². The minimum absolute atomic E-state index is 0.0167. The van der Waals surface area contributed by atoms with Gasteiger partial charge in [0.1, 0.15) is 34.1 Å². The van der Waals surface area contributed by atoms with Gasteiger partial charge in [0.2, 0.25) is 0 Å². The van der Waals surface area contributed by atoms with E-state index in [0.29, 0.717) is 67.8 Å². The van der Waals surface area contributed by atoms with Crippen LogP contribution in [0.2, 0.25) is 5.02 Å². The van der Waals surface area contributed by atoms with Crippen molar-refractivity contribution in [3.63, 3.8) is 0 Å². The van der Waals surface area contributed by atoms with Gasteiger partial charge in [0, 0.05) is 36.4 Å². The number of ether oxygens (including phenoxy) is 2. The fraction of sp³-hybridized carbons (Fsp3) is 0.258. The lowest BCUT2D eigenvalue weighted by Gasteiger charge is -2.30. The van der Waals surface area contributed by atoms with Crippen LogP contribution >= 0.6 is 22.9 Å². The number of halogens is 1. The molecule has 4 aromatic rings. The summed E-state index contributed by atoms with van der Waals surface area (Å²) in [5, 5.41) is 11.4. The van der Waals surface area contributed by atoms with Crippen molar-refractivity contribution < 1.29 is 23.6 Å². The van der Waals surface area contributed by atoms with Crippen LogP contribution < -0.4 is 24.4 Å². The van der Waals surface area contributed by atoms with E-state index in [4.69, 9.17) is 30.5 Å². The molecule has 1 atom stereocenters. The lowest BCUT2D eigenvalue weighted by molar-refractivity contribution is -0.384. The first kappa shape index (κ1) is 30.8. The molecule has 1 amide bonds. The highest BCUT2D eigenvalue weighted by molar-refractivity contribution is 7.07. The second-order valence-electron chi connectivity index (χ2n) is 9.79. The van der Waals surface area contributed by atoms with Gasteiger partial charge in [0.25, 0.3) is 17.2 Å². The second-order valence-corrected chi connectivity index (χ2v) is 11.2. The maximum absolute atomic E-state index is 14.1. The molecule has 1 aliphatic heterocycles. The van der Waals surface area contributed by atoms with E-state index in [1.54, 1.807) is 61.4 Å². The smallest absolute Gasteiger partial charge is 0.288 e. The molecule has 0 unspecified atom stereocenters. The molecule has 2 aromatic heterocycles. The van der Waals surface area contributed by atoms with Crippen molar-refractivity contribution >= 4 is 40.6 Å². The minimum atomic E-state index is -0.840. The van der Waals surface area contributed by atoms with E-state index in [0.717, 1.165) is 11.3 Å². The van der Waals surface area contributed by atoms with Gasteiger partial charge in [-0.1, -0.05) is 22.9 Å². The van der Waals surface area contributed by atoms with Crippen LogP contribution in [0.25, 0.3) is 17.4 Å². The number of rotatable bonds is 9. The number of likely N-dealkylation sites (N-methyl/N-ethyl adjacent to an activating group) is 1. The molecule has 13 heteroatoms. The Hall–Kier alpha value is -4.68. The van der Waals surface area contributed by atoms with Gasteiger partial charge < -0.3 is 18.8 Å². The Morgan fingerprint density at radius 1 is 1.16 bits per heavy atom. The van der Waals surface area contributed by atoms with Gasteiger partial charge in [-0.15, -0.1) is 0 Å². The first-order valence-electron chi connectivity index (χ1n) is 13.7. The Labute approximate surface area is 261 Å². The monoisotopic (exact) mass is 636 g/mol. The molecule has 1 aliphatic rings.